The first-order valence-corrected chi connectivity index (χ1v) is 20.7. The summed E-state index contributed by atoms with van der Waals surface area (Å²) in [6, 6.07) is 37.2. The molecule has 0 bridgehead atoms. The number of carbonyl (C=O) groups excluding carboxylic acids is 1. The van der Waals surface area contributed by atoms with Crippen molar-refractivity contribution in [2.45, 2.75) is 41.6 Å². The second-order valence-corrected chi connectivity index (χ2v) is 16.7. The van der Waals surface area contributed by atoms with Crippen molar-refractivity contribution < 1.29 is 45.7 Å². The van der Waals surface area contributed by atoms with E-state index in [1.54, 1.807) is 91.9 Å². The van der Waals surface area contributed by atoms with Gasteiger partial charge in [0.2, 0.25) is 0 Å². The van der Waals surface area contributed by atoms with Gasteiger partial charge >= 0.3 is 11.9 Å². The van der Waals surface area contributed by atoms with Gasteiger partial charge in [0.1, 0.15) is 24.7 Å². The summed E-state index contributed by atoms with van der Waals surface area (Å²) in [6.45, 7) is 2.01. The average Bonchev–Trinajstić information content (AvgIpc) is 3.20. The van der Waals surface area contributed by atoms with Crippen LogP contribution in [0.25, 0.3) is 21.5 Å². The van der Waals surface area contributed by atoms with E-state index >= 15 is 0 Å². The first kappa shape index (κ1) is 38.2. The van der Waals surface area contributed by atoms with Crippen molar-refractivity contribution in [2.24, 2.45) is 0 Å². The molecule has 0 amide bonds. The zero-order valence-electron chi connectivity index (χ0n) is 30.2. The van der Waals surface area contributed by atoms with Crippen LogP contribution in [-0.4, -0.2) is 65.8 Å². The van der Waals surface area contributed by atoms with Crippen molar-refractivity contribution in [2.75, 3.05) is 28.4 Å². The molecule has 2 heterocycles. The first-order chi connectivity index (χ1) is 27.0. The molecule has 288 valence electrons. The van der Waals surface area contributed by atoms with Gasteiger partial charge in [-0.15, -0.1) is 0 Å². The third-order valence-electron chi connectivity index (χ3n) is 9.40. The Morgan fingerprint density at radius 1 is 0.607 bits per heavy atom. The highest BCUT2D eigenvalue weighted by molar-refractivity contribution is 7.93. The van der Waals surface area contributed by atoms with Crippen LogP contribution in [0.5, 0.6) is 11.5 Å². The maximum Gasteiger partial charge on any atom is 0.308 e. The molecule has 1 N–H and O–H groups in total. The summed E-state index contributed by atoms with van der Waals surface area (Å²) in [6.07, 6.45) is -0.434. The van der Waals surface area contributed by atoms with Crippen molar-refractivity contribution in [1.29, 1.82) is 0 Å². The van der Waals surface area contributed by atoms with Gasteiger partial charge < -0.3 is 19.3 Å². The van der Waals surface area contributed by atoms with Crippen molar-refractivity contribution in [3.8, 4) is 11.5 Å². The minimum atomic E-state index is -3.97. The van der Waals surface area contributed by atoms with Gasteiger partial charge in [0.05, 0.1) is 52.7 Å². The molecule has 12 nitrogen and oxygen atoms in total. The SMILES string of the molecule is CCOC(=O)CC1COc2ccccc2N1S(=O)(=O)c1ccc2ccccc2c1.O=C(O)CC1COc2ccccc2N1S(=O)(=O)c1ccc2ccccc2c1. The lowest BCUT2D eigenvalue weighted by atomic mass is 10.1. The number of esters is 1. The Balaban J connectivity index is 0.000000172. The molecule has 56 heavy (non-hydrogen) atoms. The van der Waals surface area contributed by atoms with Gasteiger partial charge in [-0.05, 0) is 77.0 Å². The second kappa shape index (κ2) is 15.9. The van der Waals surface area contributed by atoms with Crippen LogP contribution >= 0.6 is 0 Å². The number of nitrogens with zero attached hydrogens (tertiary/aromatic N) is 2. The summed E-state index contributed by atoms with van der Waals surface area (Å²) in [5, 5.41) is 12.8. The Morgan fingerprint density at radius 2 is 1.02 bits per heavy atom. The Bertz CT molecular complexity index is 2650. The largest absolute Gasteiger partial charge is 0.489 e. The number of ether oxygens (including phenoxy) is 3. The fourth-order valence-electron chi connectivity index (χ4n) is 6.86. The molecule has 0 saturated carbocycles. The van der Waals surface area contributed by atoms with E-state index in [4.69, 9.17) is 14.2 Å². The Morgan fingerprint density at radius 3 is 1.46 bits per heavy atom. The number of carboxylic acids is 1. The molecule has 0 radical (unpaired) electrons. The van der Waals surface area contributed by atoms with Gasteiger partial charge in [-0.1, -0.05) is 84.9 Å². The van der Waals surface area contributed by atoms with E-state index in [0.717, 1.165) is 21.5 Å². The zero-order valence-corrected chi connectivity index (χ0v) is 31.9. The van der Waals surface area contributed by atoms with Crippen LogP contribution in [0.1, 0.15) is 19.8 Å². The van der Waals surface area contributed by atoms with Gasteiger partial charge in [-0.2, -0.15) is 0 Å². The molecule has 2 atom stereocenters. The van der Waals surface area contributed by atoms with E-state index < -0.39 is 44.1 Å². The number of carbonyl (C=O) groups is 2. The molecule has 2 aliphatic heterocycles. The second-order valence-electron chi connectivity index (χ2n) is 13.1. The van der Waals surface area contributed by atoms with Gasteiger partial charge in [0.15, 0.2) is 0 Å². The Hall–Kier alpha value is -6.12. The van der Waals surface area contributed by atoms with Gasteiger partial charge in [0, 0.05) is 0 Å². The predicted molar refractivity (Wildman–Crippen MR) is 212 cm³/mol. The van der Waals surface area contributed by atoms with Crippen molar-refractivity contribution in [1.82, 2.24) is 0 Å². The summed E-state index contributed by atoms with van der Waals surface area (Å²) < 4.78 is 73.1. The first-order valence-electron chi connectivity index (χ1n) is 17.8. The lowest BCUT2D eigenvalue weighted by molar-refractivity contribution is -0.143. The molecule has 6 aromatic rings. The van der Waals surface area contributed by atoms with E-state index in [0.29, 0.717) is 22.9 Å². The van der Waals surface area contributed by atoms with E-state index in [9.17, 15) is 31.5 Å². The normalized spacial score (nSPS) is 16.4. The maximum atomic E-state index is 13.7. The molecule has 0 aromatic heterocycles. The number of hydrogen-bond donors (Lipinski definition) is 1. The molecular weight excluding hydrogens is 757 g/mol. The van der Waals surface area contributed by atoms with E-state index in [1.165, 1.54) is 8.61 Å². The van der Waals surface area contributed by atoms with Crippen LogP contribution in [0.15, 0.2) is 143 Å². The molecule has 6 aromatic carbocycles. The van der Waals surface area contributed by atoms with Crippen molar-refractivity contribution >= 4 is 64.9 Å². The smallest absolute Gasteiger partial charge is 0.308 e. The average molecular weight is 795 g/mol. The molecule has 2 aliphatic rings. The fraction of sp³-hybridized carbons (Fsp3) is 0.190. The molecule has 0 spiro atoms. The quantitative estimate of drug-likeness (QED) is 0.151. The zero-order chi connectivity index (χ0) is 39.5. The summed E-state index contributed by atoms with van der Waals surface area (Å²) >= 11 is 0. The number of benzene rings is 6. The third-order valence-corrected chi connectivity index (χ3v) is 13.1. The fourth-order valence-corrected chi connectivity index (χ4v) is 10.2. The van der Waals surface area contributed by atoms with Gasteiger partial charge in [0.25, 0.3) is 20.0 Å². The predicted octanol–water partition coefficient (Wildman–Crippen LogP) is 7.02. The molecule has 0 saturated heterocycles. The standard InChI is InChI=1S/C22H21NO5S.C20H17NO5S/c1-2-27-22(24)14-18-15-28-21-10-6-5-9-20(21)23(18)29(25,26)19-12-11-16-7-3-4-8-17(16)13-19;22-20(23)12-16-13-26-19-8-4-3-7-18(19)21(16)27(24,25)17-10-9-14-5-1-2-6-15(14)11-17/h3-13,18H,2,14-15H2,1H3;1-11,16H,12-13H2,(H,22,23). The molecule has 8 rings (SSSR count). The topological polar surface area (TPSA) is 157 Å². The Labute approximate surface area is 324 Å². The highest BCUT2D eigenvalue weighted by Gasteiger charge is 2.40. The van der Waals surface area contributed by atoms with Crippen LogP contribution in [-0.2, 0) is 34.4 Å². The minimum Gasteiger partial charge on any atom is -0.489 e. The van der Waals surface area contributed by atoms with Crippen LogP contribution in [0.4, 0.5) is 11.4 Å². The number of aliphatic carboxylic acids is 1. The highest BCUT2D eigenvalue weighted by Crippen LogP contribution is 2.40. The lowest BCUT2D eigenvalue weighted by Crippen LogP contribution is -2.47. The summed E-state index contributed by atoms with van der Waals surface area (Å²) in [7, 11) is -7.90. The Kier molecular flexibility index (Phi) is 10.9. The number of anilines is 2. The van der Waals surface area contributed by atoms with Crippen LogP contribution in [0, 0.1) is 0 Å². The number of para-hydroxylation sites is 4. The van der Waals surface area contributed by atoms with E-state index in [1.807, 2.05) is 48.5 Å². The van der Waals surface area contributed by atoms with Crippen molar-refractivity contribution in [3.63, 3.8) is 0 Å². The van der Waals surface area contributed by atoms with Crippen molar-refractivity contribution in [3.05, 3.63) is 133 Å². The molecule has 0 aliphatic carbocycles. The van der Waals surface area contributed by atoms with Gasteiger partial charge in [-0.25, -0.2) is 16.8 Å². The minimum absolute atomic E-state index is 0.0177. The molecule has 0 fully saturated rings. The highest BCUT2D eigenvalue weighted by atomic mass is 32.2. The number of rotatable bonds is 9. The van der Waals surface area contributed by atoms with Gasteiger partial charge in [-0.3, -0.25) is 18.2 Å². The molecule has 2 unspecified atom stereocenters. The maximum absolute atomic E-state index is 13.7. The molecule has 14 heteroatoms. The summed E-state index contributed by atoms with van der Waals surface area (Å²) in [5.41, 5.74) is 0.768. The monoisotopic (exact) mass is 794 g/mol. The van der Waals surface area contributed by atoms with Crippen LogP contribution in [0.2, 0.25) is 0 Å². The number of sulfonamides is 2. The third kappa shape index (κ3) is 7.70. The number of hydrogen-bond acceptors (Lipinski definition) is 9. The summed E-state index contributed by atoms with van der Waals surface area (Å²) in [4.78, 5) is 23.7. The van der Waals surface area contributed by atoms with Crippen LogP contribution < -0.4 is 18.1 Å². The number of fused-ring (bicyclic) bond motifs is 4. The lowest BCUT2D eigenvalue weighted by Gasteiger charge is -2.37. The summed E-state index contributed by atoms with van der Waals surface area (Å²) in [5.74, 6) is -0.652. The van der Waals surface area contributed by atoms with E-state index in [2.05, 4.69) is 0 Å². The van der Waals surface area contributed by atoms with E-state index in [-0.39, 0.29) is 42.5 Å². The van der Waals surface area contributed by atoms with Crippen LogP contribution in [0.3, 0.4) is 0 Å². The number of carboxylic acid groups (broad SMARTS) is 1. The molecular formula is C42H38N2O10S2.